The molecule has 120 valence electrons. The SMILES string of the molecule is O=C(NN=Cc1ccccc1O)NC1OCC(O)C(O)C1O. The largest absolute Gasteiger partial charge is 0.507 e. The molecule has 22 heavy (non-hydrogen) atoms. The van der Waals surface area contributed by atoms with Gasteiger partial charge < -0.3 is 30.5 Å². The first kappa shape index (κ1) is 16.2. The molecule has 1 aromatic carbocycles. The van der Waals surface area contributed by atoms with Crippen LogP contribution in [0.3, 0.4) is 0 Å². The van der Waals surface area contributed by atoms with Crippen LogP contribution in [0.2, 0.25) is 0 Å². The number of ether oxygens (including phenoxy) is 1. The second-order valence-electron chi connectivity index (χ2n) is 4.70. The number of hydrogen-bond donors (Lipinski definition) is 6. The number of hydrogen-bond acceptors (Lipinski definition) is 7. The molecule has 1 aliphatic rings. The van der Waals surface area contributed by atoms with Crippen molar-refractivity contribution in [1.29, 1.82) is 0 Å². The lowest BCUT2D eigenvalue weighted by Crippen LogP contribution is -2.59. The van der Waals surface area contributed by atoms with Gasteiger partial charge in [-0.2, -0.15) is 5.10 Å². The molecular weight excluding hydrogens is 294 g/mol. The van der Waals surface area contributed by atoms with E-state index >= 15 is 0 Å². The third kappa shape index (κ3) is 3.92. The van der Waals surface area contributed by atoms with Crippen molar-refractivity contribution in [3.8, 4) is 5.75 Å². The Balaban J connectivity index is 1.84. The van der Waals surface area contributed by atoms with E-state index in [9.17, 15) is 25.2 Å². The van der Waals surface area contributed by atoms with Crippen molar-refractivity contribution in [3.63, 3.8) is 0 Å². The molecule has 1 aromatic rings. The van der Waals surface area contributed by atoms with Gasteiger partial charge >= 0.3 is 6.03 Å². The van der Waals surface area contributed by atoms with Gasteiger partial charge in [0.1, 0.15) is 24.1 Å². The topological polar surface area (TPSA) is 144 Å². The highest BCUT2D eigenvalue weighted by Crippen LogP contribution is 2.14. The van der Waals surface area contributed by atoms with Crippen LogP contribution in [0.15, 0.2) is 29.4 Å². The number of aromatic hydroxyl groups is 1. The monoisotopic (exact) mass is 311 g/mol. The molecule has 0 bridgehead atoms. The number of phenols is 1. The van der Waals surface area contributed by atoms with E-state index in [2.05, 4.69) is 15.8 Å². The molecule has 4 atom stereocenters. The minimum atomic E-state index is -1.46. The van der Waals surface area contributed by atoms with E-state index in [1.54, 1.807) is 18.2 Å². The highest BCUT2D eigenvalue weighted by Gasteiger charge is 2.38. The fourth-order valence-electron chi connectivity index (χ4n) is 1.85. The molecular formula is C13H17N3O6. The summed E-state index contributed by atoms with van der Waals surface area (Å²) < 4.78 is 5.00. The normalized spacial score (nSPS) is 28.5. The molecule has 0 saturated carbocycles. The molecule has 1 saturated heterocycles. The van der Waals surface area contributed by atoms with Gasteiger partial charge in [0.15, 0.2) is 6.23 Å². The maximum Gasteiger partial charge on any atom is 0.337 e. The highest BCUT2D eigenvalue weighted by atomic mass is 16.5. The Bertz CT molecular complexity index is 552. The van der Waals surface area contributed by atoms with Gasteiger partial charge in [0, 0.05) is 5.56 Å². The second-order valence-corrected chi connectivity index (χ2v) is 4.70. The average molecular weight is 311 g/mol. The van der Waals surface area contributed by atoms with Crippen LogP contribution in [-0.4, -0.2) is 63.8 Å². The number of aliphatic hydroxyl groups excluding tert-OH is 3. The molecule has 0 aromatic heterocycles. The number of hydrazone groups is 1. The van der Waals surface area contributed by atoms with Crippen molar-refractivity contribution in [2.24, 2.45) is 5.10 Å². The number of urea groups is 1. The first-order valence-electron chi connectivity index (χ1n) is 6.52. The van der Waals surface area contributed by atoms with Gasteiger partial charge in [-0.3, -0.25) is 0 Å². The van der Waals surface area contributed by atoms with E-state index in [1.165, 1.54) is 12.3 Å². The first-order valence-corrected chi connectivity index (χ1v) is 6.52. The van der Waals surface area contributed by atoms with Crippen molar-refractivity contribution in [2.45, 2.75) is 24.5 Å². The van der Waals surface area contributed by atoms with E-state index in [-0.39, 0.29) is 12.4 Å². The molecule has 2 amide bonds. The second kappa shape index (κ2) is 7.18. The minimum Gasteiger partial charge on any atom is -0.507 e. The number of phenolic OH excluding ortho intramolecular Hbond substituents is 1. The van der Waals surface area contributed by atoms with Crippen LogP contribution in [0.1, 0.15) is 5.56 Å². The summed E-state index contributed by atoms with van der Waals surface area (Å²) in [5.41, 5.74) is 2.54. The molecule has 0 radical (unpaired) electrons. The van der Waals surface area contributed by atoms with E-state index in [4.69, 9.17) is 4.74 Å². The molecule has 0 aliphatic carbocycles. The molecule has 6 N–H and O–H groups in total. The molecule has 1 heterocycles. The Kier molecular flexibility index (Phi) is 5.28. The smallest absolute Gasteiger partial charge is 0.337 e. The van der Waals surface area contributed by atoms with Crippen LogP contribution in [0.25, 0.3) is 0 Å². The Morgan fingerprint density at radius 3 is 2.73 bits per heavy atom. The van der Waals surface area contributed by atoms with Crippen molar-refractivity contribution in [3.05, 3.63) is 29.8 Å². The summed E-state index contributed by atoms with van der Waals surface area (Å²) in [6, 6.07) is 5.64. The molecule has 2 rings (SSSR count). The number of nitrogens with one attached hydrogen (secondary N) is 2. The number of amides is 2. The van der Waals surface area contributed by atoms with Crippen LogP contribution in [-0.2, 0) is 4.74 Å². The van der Waals surface area contributed by atoms with Crippen molar-refractivity contribution in [1.82, 2.24) is 10.7 Å². The Morgan fingerprint density at radius 2 is 2.00 bits per heavy atom. The maximum absolute atomic E-state index is 11.6. The van der Waals surface area contributed by atoms with Gasteiger partial charge in [0.05, 0.1) is 12.8 Å². The summed E-state index contributed by atoms with van der Waals surface area (Å²) in [5, 5.41) is 43.8. The van der Waals surface area contributed by atoms with Crippen LogP contribution in [0, 0.1) is 0 Å². The quantitative estimate of drug-likeness (QED) is 0.295. The van der Waals surface area contributed by atoms with Gasteiger partial charge in [-0.1, -0.05) is 12.1 Å². The predicted molar refractivity (Wildman–Crippen MR) is 75.1 cm³/mol. The van der Waals surface area contributed by atoms with Gasteiger partial charge in [-0.25, -0.2) is 10.2 Å². The fourth-order valence-corrected chi connectivity index (χ4v) is 1.85. The zero-order valence-corrected chi connectivity index (χ0v) is 11.5. The molecule has 0 spiro atoms. The maximum atomic E-state index is 11.6. The van der Waals surface area contributed by atoms with E-state index in [1.807, 2.05) is 0 Å². The van der Waals surface area contributed by atoms with Crippen LogP contribution in [0.5, 0.6) is 5.75 Å². The van der Waals surface area contributed by atoms with Gasteiger partial charge in [0.25, 0.3) is 0 Å². The number of aliphatic hydroxyl groups is 3. The molecule has 9 heteroatoms. The third-order valence-electron chi connectivity index (χ3n) is 3.08. The van der Waals surface area contributed by atoms with Gasteiger partial charge in [-0.15, -0.1) is 0 Å². The zero-order valence-electron chi connectivity index (χ0n) is 11.5. The molecule has 9 nitrogen and oxygen atoms in total. The Morgan fingerprint density at radius 1 is 1.27 bits per heavy atom. The van der Waals surface area contributed by atoms with Crippen molar-refractivity contribution in [2.75, 3.05) is 6.61 Å². The Hall–Kier alpha value is -2.20. The van der Waals surface area contributed by atoms with Gasteiger partial charge in [0.2, 0.25) is 0 Å². The number of carbonyl (C=O) groups excluding carboxylic acids is 1. The number of para-hydroxylation sites is 1. The number of carbonyl (C=O) groups is 1. The van der Waals surface area contributed by atoms with E-state index < -0.39 is 30.6 Å². The van der Waals surface area contributed by atoms with Crippen molar-refractivity contribution >= 4 is 12.2 Å². The molecule has 4 unspecified atom stereocenters. The molecule has 1 fully saturated rings. The minimum absolute atomic E-state index is 0.0107. The summed E-state index contributed by atoms with van der Waals surface area (Å²) in [7, 11) is 0. The summed E-state index contributed by atoms with van der Waals surface area (Å²) in [5.74, 6) is 0.0107. The highest BCUT2D eigenvalue weighted by molar-refractivity contribution is 5.84. The van der Waals surface area contributed by atoms with Gasteiger partial charge in [-0.05, 0) is 12.1 Å². The molecule has 1 aliphatic heterocycles. The van der Waals surface area contributed by atoms with E-state index in [0.29, 0.717) is 5.56 Å². The third-order valence-corrected chi connectivity index (χ3v) is 3.08. The van der Waals surface area contributed by atoms with Crippen LogP contribution in [0.4, 0.5) is 4.79 Å². The number of nitrogens with zero attached hydrogens (tertiary/aromatic N) is 1. The average Bonchev–Trinajstić information content (AvgIpc) is 2.50. The van der Waals surface area contributed by atoms with Crippen LogP contribution >= 0.6 is 0 Å². The van der Waals surface area contributed by atoms with E-state index in [0.717, 1.165) is 0 Å². The number of rotatable bonds is 3. The summed E-state index contributed by atoms with van der Waals surface area (Å²) in [4.78, 5) is 11.6. The number of benzene rings is 1. The predicted octanol–water partition coefficient (Wildman–Crippen LogP) is -1.54. The summed E-state index contributed by atoms with van der Waals surface area (Å²) >= 11 is 0. The summed E-state index contributed by atoms with van der Waals surface area (Å²) in [6.45, 7) is -0.218. The standard InChI is InChI=1S/C13H17N3O6/c17-8-4-2-1-3-7(8)5-14-16-13(21)15-12-11(20)10(19)9(18)6-22-12/h1-5,9-12,17-20H,6H2,(H2,15,16,21). The first-order chi connectivity index (χ1) is 10.5. The fraction of sp³-hybridized carbons (Fsp3) is 0.385. The summed E-state index contributed by atoms with van der Waals surface area (Å²) in [6.07, 6.45) is -4.01. The zero-order chi connectivity index (χ0) is 16.1. The van der Waals surface area contributed by atoms with Crippen LogP contribution < -0.4 is 10.7 Å². The lowest BCUT2D eigenvalue weighted by Gasteiger charge is -2.35. The van der Waals surface area contributed by atoms with Crippen molar-refractivity contribution < 1.29 is 30.0 Å². The lowest BCUT2D eigenvalue weighted by atomic mass is 10.0. The lowest BCUT2D eigenvalue weighted by molar-refractivity contribution is -0.191. The Labute approximate surface area is 125 Å².